The maximum absolute atomic E-state index is 11.0. The maximum Gasteiger partial charge on any atom is 0.339 e. The fourth-order valence-corrected chi connectivity index (χ4v) is 1.89. The summed E-state index contributed by atoms with van der Waals surface area (Å²) in [4.78, 5) is 15.1. The second kappa shape index (κ2) is 3.77. The van der Waals surface area contributed by atoms with E-state index in [2.05, 4.69) is 24.1 Å². The molecule has 1 aromatic heterocycles. The Morgan fingerprint density at radius 1 is 1.56 bits per heavy atom. The second-order valence-corrected chi connectivity index (χ2v) is 4.83. The molecule has 0 saturated heterocycles. The number of carbonyl (C=O) groups is 1. The van der Waals surface area contributed by atoms with Crippen molar-refractivity contribution in [3.63, 3.8) is 0 Å². The van der Waals surface area contributed by atoms with Crippen molar-refractivity contribution in [1.82, 2.24) is 4.98 Å². The summed E-state index contributed by atoms with van der Waals surface area (Å²) in [5.41, 5.74) is 0.148. The Labute approximate surface area is 94.7 Å². The van der Waals surface area contributed by atoms with E-state index in [1.807, 2.05) is 0 Å². The van der Waals surface area contributed by atoms with Crippen LogP contribution >= 0.6 is 0 Å². The molecule has 0 aromatic carbocycles. The molecule has 1 aromatic rings. The van der Waals surface area contributed by atoms with Gasteiger partial charge in [-0.1, -0.05) is 0 Å². The van der Waals surface area contributed by atoms with Crippen molar-refractivity contribution in [2.24, 2.45) is 5.92 Å². The molecule has 4 nitrogen and oxygen atoms in total. The van der Waals surface area contributed by atoms with Gasteiger partial charge in [-0.2, -0.15) is 0 Å². The number of anilines is 1. The number of aromatic nitrogens is 1. The SMILES string of the molecule is CC(C)(Nc1ncccc1C(=O)O)C1CC1. The van der Waals surface area contributed by atoms with Crippen molar-refractivity contribution < 1.29 is 9.90 Å². The smallest absolute Gasteiger partial charge is 0.339 e. The quantitative estimate of drug-likeness (QED) is 0.817. The molecule has 1 aliphatic rings. The van der Waals surface area contributed by atoms with Gasteiger partial charge in [0.15, 0.2) is 0 Å². The Hall–Kier alpha value is -1.58. The molecule has 1 fully saturated rings. The lowest BCUT2D eigenvalue weighted by molar-refractivity contribution is 0.0697. The minimum Gasteiger partial charge on any atom is -0.478 e. The van der Waals surface area contributed by atoms with Crippen LogP contribution in [-0.2, 0) is 0 Å². The summed E-state index contributed by atoms with van der Waals surface area (Å²) in [5, 5.41) is 12.3. The monoisotopic (exact) mass is 220 g/mol. The number of aromatic carboxylic acids is 1. The van der Waals surface area contributed by atoms with E-state index < -0.39 is 5.97 Å². The van der Waals surface area contributed by atoms with Crippen LogP contribution in [0.1, 0.15) is 37.0 Å². The molecule has 16 heavy (non-hydrogen) atoms. The predicted octanol–water partition coefficient (Wildman–Crippen LogP) is 2.38. The van der Waals surface area contributed by atoms with Gasteiger partial charge in [0.2, 0.25) is 0 Å². The average Bonchev–Trinajstić information content (AvgIpc) is 3.00. The molecule has 0 radical (unpaired) electrons. The van der Waals surface area contributed by atoms with Gasteiger partial charge in [-0.05, 0) is 44.7 Å². The summed E-state index contributed by atoms with van der Waals surface area (Å²) in [6.07, 6.45) is 4.02. The zero-order valence-corrected chi connectivity index (χ0v) is 9.53. The highest BCUT2D eigenvalue weighted by atomic mass is 16.4. The largest absolute Gasteiger partial charge is 0.478 e. The van der Waals surface area contributed by atoms with Gasteiger partial charge in [-0.15, -0.1) is 0 Å². The topological polar surface area (TPSA) is 62.2 Å². The number of nitrogens with one attached hydrogen (secondary N) is 1. The van der Waals surface area contributed by atoms with Crippen LogP contribution in [0, 0.1) is 5.92 Å². The van der Waals surface area contributed by atoms with E-state index in [1.165, 1.54) is 12.8 Å². The van der Waals surface area contributed by atoms with Crippen LogP contribution in [0.25, 0.3) is 0 Å². The molecule has 0 bridgehead atoms. The van der Waals surface area contributed by atoms with Gasteiger partial charge in [0.1, 0.15) is 11.4 Å². The third-order valence-corrected chi connectivity index (χ3v) is 3.08. The maximum atomic E-state index is 11.0. The number of hydrogen-bond acceptors (Lipinski definition) is 3. The number of pyridine rings is 1. The molecular formula is C12H16N2O2. The van der Waals surface area contributed by atoms with Crippen LogP contribution in [0.2, 0.25) is 0 Å². The lowest BCUT2D eigenvalue weighted by Crippen LogP contribution is -2.34. The highest BCUT2D eigenvalue weighted by Gasteiger charge is 2.38. The second-order valence-electron chi connectivity index (χ2n) is 4.83. The van der Waals surface area contributed by atoms with Crippen LogP contribution in [-0.4, -0.2) is 21.6 Å². The molecule has 0 aliphatic heterocycles. The molecular weight excluding hydrogens is 204 g/mol. The first-order valence-electron chi connectivity index (χ1n) is 5.47. The third kappa shape index (κ3) is 2.15. The first-order chi connectivity index (χ1) is 7.50. The van der Waals surface area contributed by atoms with Gasteiger partial charge in [0, 0.05) is 11.7 Å². The fraction of sp³-hybridized carbons (Fsp3) is 0.500. The van der Waals surface area contributed by atoms with Crippen LogP contribution in [0.5, 0.6) is 0 Å². The van der Waals surface area contributed by atoms with E-state index >= 15 is 0 Å². The highest BCUT2D eigenvalue weighted by Crippen LogP contribution is 2.41. The predicted molar refractivity (Wildman–Crippen MR) is 61.6 cm³/mol. The Morgan fingerprint density at radius 2 is 2.25 bits per heavy atom. The van der Waals surface area contributed by atoms with Crippen molar-refractivity contribution in [1.29, 1.82) is 0 Å². The van der Waals surface area contributed by atoms with Crippen LogP contribution in [0.15, 0.2) is 18.3 Å². The summed E-state index contributed by atoms with van der Waals surface area (Å²) in [7, 11) is 0. The molecule has 1 aliphatic carbocycles. The van der Waals surface area contributed by atoms with Gasteiger partial charge >= 0.3 is 5.97 Å². The number of carboxylic acids is 1. The lowest BCUT2D eigenvalue weighted by atomic mass is 9.98. The Balaban J connectivity index is 2.23. The minimum atomic E-state index is -0.942. The molecule has 4 heteroatoms. The average molecular weight is 220 g/mol. The Bertz CT molecular complexity index is 411. The summed E-state index contributed by atoms with van der Waals surface area (Å²) in [6.45, 7) is 4.18. The van der Waals surface area contributed by atoms with E-state index in [1.54, 1.807) is 18.3 Å². The Morgan fingerprint density at radius 3 is 2.81 bits per heavy atom. The molecule has 0 spiro atoms. The molecule has 86 valence electrons. The van der Waals surface area contributed by atoms with Crippen molar-refractivity contribution in [3.05, 3.63) is 23.9 Å². The van der Waals surface area contributed by atoms with Crippen molar-refractivity contribution in [2.75, 3.05) is 5.32 Å². The van der Waals surface area contributed by atoms with Crippen LogP contribution in [0.3, 0.4) is 0 Å². The number of rotatable bonds is 4. The zero-order valence-electron chi connectivity index (χ0n) is 9.53. The standard InChI is InChI=1S/C12H16N2O2/c1-12(2,8-5-6-8)14-10-9(11(15)16)4-3-7-13-10/h3-4,7-8H,5-6H2,1-2H3,(H,13,14)(H,15,16). The first kappa shape index (κ1) is 10.9. The fourth-order valence-electron chi connectivity index (χ4n) is 1.89. The third-order valence-electron chi connectivity index (χ3n) is 3.08. The Kier molecular flexibility index (Phi) is 2.58. The van der Waals surface area contributed by atoms with Gasteiger partial charge in [0.25, 0.3) is 0 Å². The summed E-state index contributed by atoms with van der Waals surface area (Å²) in [5.74, 6) is 0.144. The van der Waals surface area contributed by atoms with E-state index in [9.17, 15) is 4.79 Å². The molecule has 2 rings (SSSR count). The number of nitrogens with zero attached hydrogens (tertiary/aromatic N) is 1. The summed E-state index contributed by atoms with van der Waals surface area (Å²) in [6, 6.07) is 3.21. The summed E-state index contributed by atoms with van der Waals surface area (Å²) < 4.78 is 0. The molecule has 1 saturated carbocycles. The highest BCUT2D eigenvalue weighted by molar-refractivity contribution is 5.93. The van der Waals surface area contributed by atoms with Crippen molar-refractivity contribution in [3.8, 4) is 0 Å². The van der Waals surface area contributed by atoms with Crippen molar-refractivity contribution >= 4 is 11.8 Å². The van der Waals surface area contributed by atoms with E-state index in [0.29, 0.717) is 11.7 Å². The van der Waals surface area contributed by atoms with Crippen molar-refractivity contribution in [2.45, 2.75) is 32.2 Å². The first-order valence-corrected chi connectivity index (χ1v) is 5.47. The minimum absolute atomic E-state index is 0.0848. The van der Waals surface area contributed by atoms with Gasteiger partial charge in [-0.25, -0.2) is 9.78 Å². The summed E-state index contributed by atoms with van der Waals surface area (Å²) >= 11 is 0. The van der Waals surface area contributed by atoms with Gasteiger partial charge < -0.3 is 10.4 Å². The molecule has 0 amide bonds. The van der Waals surface area contributed by atoms with E-state index in [4.69, 9.17) is 5.11 Å². The molecule has 0 unspecified atom stereocenters. The number of hydrogen-bond donors (Lipinski definition) is 2. The van der Waals surface area contributed by atoms with E-state index in [-0.39, 0.29) is 11.1 Å². The molecule has 0 atom stereocenters. The molecule has 2 N–H and O–H groups in total. The normalized spacial score (nSPS) is 15.9. The van der Waals surface area contributed by atoms with Crippen LogP contribution in [0.4, 0.5) is 5.82 Å². The molecule has 1 heterocycles. The van der Waals surface area contributed by atoms with E-state index in [0.717, 1.165) is 0 Å². The van der Waals surface area contributed by atoms with Gasteiger partial charge in [0.05, 0.1) is 0 Å². The van der Waals surface area contributed by atoms with Crippen LogP contribution < -0.4 is 5.32 Å². The number of carboxylic acid groups (broad SMARTS) is 1. The lowest BCUT2D eigenvalue weighted by Gasteiger charge is -2.27. The van der Waals surface area contributed by atoms with Gasteiger partial charge in [-0.3, -0.25) is 0 Å². The zero-order chi connectivity index (χ0) is 11.8.